The van der Waals surface area contributed by atoms with Gasteiger partial charge in [-0.05, 0) is 56.5 Å². The molecule has 0 aliphatic carbocycles. The van der Waals surface area contributed by atoms with Crippen molar-refractivity contribution in [2.45, 2.75) is 58.3 Å². The Balaban J connectivity index is 1.59. The maximum atomic E-state index is 12.5. The van der Waals surface area contributed by atoms with E-state index in [1.54, 1.807) is 31.2 Å². The topological polar surface area (TPSA) is 65.4 Å². The van der Waals surface area contributed by atoms with Crippen LogP contribution in [0.25, 0.3) is 0 Å². The molecule has 152 valence electrons. The average molecular weight is 392 g/mol. The fraction of sp³-hybridized carbons (Fsp3) is 0.417. The van der Waals surface area contributed by atoms with Gasteiger partial charge in [0, 0.05) is 19.1 Å². The lowest BCUT2D eigenvalue weighted by Crippen LogP contribution is -2.38. The summed E-state index contributed by atoms with van der Waals surface area (Å²) >= 11 is 0. The second-order valence-electron chi connectivity index (χ2n) is 7.67. The molecule has 0 aromatic heterocycles. The molecular formula is C24H29N3O2. The number of rotatable bonds is 7. The Hall–Kier alpha value is -2.84. The number of carbonyl (C=O) groups excluding carboxylic acids is 1. The molecule has 0 spiro atoms. The van der Waals surface area contributed by atoms with Gasteiger partial charge in [-0.3, -0.25) is 9.69 Å². The molecule has 5 heteroatoms. The number of nitriles is 1. The first kappa shape index (κ1) is 20.9. The molecule has 2 atom stereocenters. The number of carbonyl (C=O) groups is 1. The first-order valence-corrected chi connectivity index (χ1v) is 10.3. The van der Waals surface area contributed by atoms with Gasteiger partial charge < -0.3 is 10.1 Å². The van der Waals surface area contributed by atoms with Gasteiger partial charge in [0.1, 0.15) is 11.8 Å². The smallest absolute Gasteiger partial charge is 0.261 e. The van der Waals surface area contributed by atoms with E-state index in [1.807, 2.05) is 6.07 Å². The van der Waals surface area contributed by atoms with Crippen LogP contribution >= 0.6 is 0 Å². The van der Waals surface area contributed by atoms with Crippen LogP contribution in [-0.2, 0) is 17.9 Å². The summed E-state index contributed by atoms with van der Waals surface area (Å²) in [6.07, 6.45) is 3.13. The standard InChI is InChI=1S/C24H29N3O2/c1-18-9-7-8-14-27(18)17-22-12-4-3-11-21(22)16-26-24(28)19(2)29-23-13-6-5-10-20(23)15-25/h3-6,10-13,18-19H,7-9,14,16-17H2,1-2H3,(H,26,28). The van der Waals surface area contributed by atoms with Crippen LogP contribution in [0.1, 0.15) is 49.8 Å². The average Bonchev–Trinajstić information content (AvgIpc) is 2.74. The van der Waals surface area contributed by atoms with Gasteiger partial charge in [-0.15, -0.1) is 0 Å². The lowest BCUT2D eigenvalue weighted by molar-refractivity contribution is -0.127. The van der Waals surface area contributed by atoms with Gasteiger partial charge >= 0.3 is 0 Å². The Kier molecular flexibility index (Phi) is 7.26. The molecule has 0 saturated carbocycles. The molecule has 1 aliphatic rings. The van der Waals surface area contributed by atoms with E-state index in [4.69, 9.17) is 4.74 Å². The van der Waals surface area contributed by atoms with Crippen molar-refractivity contribution in [2.24, 2.45) is 0 Å². The van der Waals surface area contributed by atoms with Gasteiger partial charge in [0.15, 0.2) is 6.10 Å². The van der Waals surface area contributed by atoms with Gasteiger partial charge in [0.05, 0.1) is 5.56 Å². The Labute approximate surface area is 173 Å². The summed E-state index contributed by atoms with van der Waals surface area (Å²) < 4.78 is 5.71. The molecule has 1 amide bonds. The monoisotopic (exact) mass is 391 g/mol. The molecule has 1 N–H and O–H groups in total. The van der Waals surface area contributed by atoms with Crippen molar-refractivity contribution in [1.29, 1.82) is 5.26 Å². The van der Waals surface area contributed by atoms with Gasteiger partial charge in [-0.25, -0.2) is 0 Å². The van der Waals surface area contributed by atoms with Crippen molar-refractivity contribution in [3.63, 3.8) is 0 Å². The zero-order valence-electron chi connectivity index (χ0n) is 17.2. The summed E-state index contributed by atoms with van der Waals surface area (Å²) in [5, 5.41) is 12.2. The Morgan fingerprint density at radius 1 is 1.21 bits per heavy atom. The number of amides is 1. The number of likely N-dealkylation sites (tertiary alicyclic amines) is 1. The van der Waals surface area contributed by atoms with Crippen LogP contribution < -0.4 is 10.1 Å². The van der Waals surface area contributed by atoms with Crippen LogP contribution in [0.4, 0.5) is 0 Å². The highest BCUT2D eigenvalue weighted by Gasteiger charge is 2.20. The molecule has 1 aliphatic heterocycles. The van der Waals surface area contributed by atoms with Gasteiger partial charge in [-0.2, -0.15) is 5.26 Å². The summed E-state index contributed by atoms with van der Waals surface area (Å²) in [7, 11) is 0. The molecule has 1 heterocycles. The minimum Gasteiger partial charge on any atom is -0.480 e. The van der Waals surface area contributed by atoms with Crippen molar-refractivity contribution >= 4 is 5.91 Å². The lowest BCUT2D eigenvalue weighted by atomic mass is 10.0. The van der Waals surface area contributed by atoms with Crippen molar-refractivity contribution in [1.82, 2.24) is 10.2 Å². The number of nitrogens with zero attached hydrogens (tertiary/aromatic N) is 2. The molecule has 1 saturated heterocycles. The van der Waals surface area contributed by atoms with Crippen LogP contribution in [-0.4, -0.2) is 29.5 Å². The molecule has 2 unspecified atom stereocenters. The van der Waals surface area contributed by atoms with Crippen LogP contribution in [0, 0.1) is 11.3 Å². The number of hydrogen-bond donors (Lipinski definition) is 1. The van der Waals surface area contributed by atoms with Crippen molar-refractivity contribution < 1.29 is 9.53 Å². The Morgan fingerprint density at radius 3 is 2.69 bits per heavy atom. The minimum absolute atomic E-state index is 0.195. The summed E-state index contributed by atoms with van der Waals surface area (Å²) in [5.41, 5.74) is 2.81. The zero-order valence-corrected chi connectivity index (χ0v) is 17.2. The van der Waals surface area contributed by atoms with Crippen molar-refractivity contribution in [2.75, 3.05) is 6.54 Å². The number of ether oxygens (including phenoxy) is 1. The Morgan fingerprint density at radius 2 is 1.93 bits per heavy atom. The van der Waals surface area contributed by atoms with Crippen molar-refractivity contribution in [3.05, 3.63) is 65.2 Å². The maximum Gasteiger partial charge on any atom is 0.261 e. The molecule has 2 aromatic carbocycles. The molecule has 1 fully saturated rings. The fourth-order valence-electron chi connectivity index (χ4n) is 3.73. The SMILES string of the molecule is CC(Oc1ccccc1C#N)C(=O)NCc1ccccc1CN1CCCCC1C. The van der Waals surface area contributed by atoms with E-state index in [9.17, 15) is 10.1 Å². The third kappa shape index (κ3) is 5.58. The first-order chi connectivity index (χ1) is 14.1. The van der Waals surface area contributed by atoms with Crippen LogP contribution in [0.5, 0.6) is 5.75 Å². The van der Waals surface area contributed by atoms with Gasteiger partial charge in [0.25, 0.3) is 5.91 Å². The molecule has 5 nitrogen and oxygen atoms in total. The normalized spacial score (nSPS) is 17.9. The second-order valence-corrected chi connectivity index (χ2v) is 7.67. The van der Waals surface area contributed by atoms with E-state index in [1.165, 1.54) is 24.8 Å². The van der Waals surface area contributed by atoms with Crippen LogP contribution in [0.2, 0.25) is 0 Å². The van der Waals surface area contributed by atoms with Crippen molar-refractivity contribution in [3.8, 4) is 11.8 Å². The third-order valence-corrected chi connectivity index (χ3v) is 5.57. The molecule has 3 rings (SSSR count). The van der Waals surface area contributed by atoms with E-state index in [2.05, 4.69) is 41.4 Å². The van der Waals surface area contributed by atoms with E-state index in [-0.39, 0.29) is 5.91 Å². The summed E-state index contributed by atoms with van der Waals surface area (Å²) in [4.78, 5) is 15.1. The van der Waals surface area contributed by atoms with E-state index < -0.39 is 6.10 Å². The summed E-state index contributed by atoms with van der Waals surface area (Å²) in [5.74, 6) is 0.232. The zero-order chi connectivity index (χ0) is 20.6. The summed E-state index contributed by atoms with van der Waals surface area (Å²) in [6, 6.07) is 17.9. The van der Waals surface area contributed by atoms with E-state index in [0.29, 0.717) is 23.9 Å². The molecule has 0 radical (unpaired) electrons. The number of benzene rings is 2. The highest BCUT2D eigenvalue weighted by atomic mass is 16.5. The van der Waals surface area contributed by atoms with Gasteiger partial charge in [-0.1, -0.05) is 42.8 Å². The molecule has 29 heavy (non-hydrogen) atoms. The fourth-order valence-corrected chi connectivity index (χ4v) is 3.73. The third-order valence-electron chi connectivity index (χ3n) is 5.57. The first-order valence-electron chi connectivity index (χ1n) is 10.3. The molecule has 0 bridgehead atoms. The van der Waals surface area contributed by atoms with Crippen LogP contribution in [0.3, 0.4) is 0 Å². The van der Waals surface area contributed by atoms with Crippen LogP contribution in [0.15, 0.2) is 48.5 Å². The van der Waals surface area contributed by atoms with E-state index >= 15 is 0 Å². The van der Waals surface area contributed by atoms with Gasteiger partial charge in [0.2, 0.25) is 0 Å². The summed E-state index contributed by atoms with van der Waals surface area (Å²) in [6.45, 7) is 6.50. The Bertz CT molecular complexity index is 874. The lowest BCUT2D eigenvalue weighted by Gasteiger charge is -2.33. The predicted octanol–water partition coefficient (Wildman–Crippen LogP) is 4.02. The number of piperidine rings is 1. The predicted molar refractivity (Wildman–Crippen MR) is 113 cm³/mol. The minimum atomic E-state index is -0.682. The van der Waals surface area contributed by atoms with E-state index in [0.717, 1.165) is 18.7 Å². The highest BCUT2D eigenvalue weighted by molar-refractivity contribution is 5.80. The molecule has 2 aromatic rings. The maximum absolute atomic E-state index is 12.5. The quantitative estimate of drug-likeness (QED) is 0.774. The highest BCUT2D eigenvalue weighted by Crippen LogP contribution is 2.21. The second kappa shape index (κ2) is 10.1. The number of nitrogens with one attached hydrogen (secondary N) is 1. The largest absolute Gasteiger partial charge is 0.480 e. The number of hydrogen-bond acceptors (Lipinski definition) is 4. The number of para-hydroxylation sites is 1. The molecular weight excluding hydrogens is 362 g/mol.